The van der Waals surface area contributed by atoms with Crippen LogP contribution in [-0.2, 0) is 10.3 Å². The lowest BCUT2D eigenvalue weighted by Crippen LogP contribution is -2.49. The number of pyridine rings is 1. The maximum absolute atomic E-state index is 12.5. The maximum Gasteiger partial charge on any atom is 0.251 e. The van der Waals surface area contributed by atoms with E-state index in [2.05, 4.69) is 4.98 Å². The molecule has 0 aliphatic carbocycles. The molecule has 0 fully saturated rings. The van der Waals surface area contributed by atoms with Crippen LogP contribution in [0.25, 0.3) is 0 Å². The van der Waals surface area contributed by atoms with E-state index in [1.807, 2.05) is 30.3 Å². The fourth-order valence-electron chi connectivity index (χ4n) is 1.94. The van der Waals surface area contributed by atoms with E-state index in [4.69, 9.17) is 5.73 Å². The Balaban J connectivity index is 2.29. The average molecular weight is 255 g/mol. The Hall–Kier alpha value is -2.20. The number of carbonyl (C=O) groups is 1. The predicted octanol–water partition coefficient (Wildman–Crippen LogP) is 1.92. The third-order valence-corrected chi connectivity index (χ3v) is 3.17. The standard InChI is InChI=1S/C15H17N3O/c1-15(16,12-6-4-3-5-7-12)14(19)18(2)13-8-10-17-11-9-13/h3-11H,16H2,1-2H3. The van der Waals surface area contributed by atoms with Gasteiger partial charge in [-0.25, -0.2) is 0 Å². The van der Waals surface area contributed by atoms with Gasteiger partial charge in [-0.15, -0.1) is 0 Å². The first kappa shape index (κ1) is 13.2. The second-order valence-electron chi connectivity index (χ2n) is 4.64. The first-order valence-electron chi connectivity index (χ1n) is 6.06. The van der Waals surface area contributed by atoms with Gasteiger partial charge in [0.15, 0.2) is 0 Å². The summed E-state index contributed by atoms with van der Waals surface area (Å²) in [7, 11) is 1.71. The zero-order valence-corrected chi connectivity index (χ0v) is 11.1. The Labute approximate surface area is 112 Å². The van der Waals surface area contributed by atoms with Gasteiger partial charge in [0.25, 0.3) is 5.91 Å². The van der Waals surface area contributed by atoms with Crippen molar-refractivity contribution in [2.75, 3.05) is 11.9 Å². The van der Waals surface area contributed by atoms with Crippen molar-refractivity contribution in [3.8, 4) is 0 Å². The molecule has 0 aliphatic heterocycles. The van der Waals surface area contributed by atoms with Gasteiger partial charge >= 0.3 is 0 Å². The topological polar surface area (TPSA) is 59.2 Å². The summed E-state index contributed by atoms with van der Waals surface area (Å²) in [4.78, 5) is 18.0. The molecule has 4 nitrogen and oxygen atoms in total. The molecule has 0 aliphatic rings. The number of benzene rings is 1. The SMILES string of the molecule is CN(C(=O)C(C)(N)c1ccccc1)c1ccncc1. The lowest BCUT2D eigenvalue weighted by molar-refractivity contribution is -0.123. The highest BCUT2D eigenvalue weighted by Gasteiger charge is 2.33. The summed E-state index contributed by atoms with van der Waals surface area (Å²) in [6.07, 6.45) is 3.30. The van der Waals surface area contributed by atoms with Gasteiger partial charge in [0.2, 0.25) is 0 Å². The van der Waals surface area contributed by atoms with E-state index in [0.29, 0.717) is 0 Å². The third-order valence-electron chi connectivity index (χ3n) is 3.17. The maximum atomic E-state index is 12.5. The summed E-state index contributed by atoms with van der Waals surface area (Å²) in [5.41, 5.74) is 6.72. The summed E-state index contributed by atoms with van der Waals surface area (Å²) in [5, 5.41) is 0. The zero-order chi connectivity index (χ0) is 13.9. The second kappa shape index (κ2) is 5.20. The minimum Gasteiger partial charge on any atom is -0.314 e. The molecule has 4 heteroatoms. The lowest BCUT2D eigenvalue weighted by Gasteiger charge is -2.29. The van der Waals surface area contributed by atoms with Crippen molar-refractivity contribution < 1.29 is 4.79 Å². The Morgan fingerprint density at radius 1 is 1.16 bits per heavy atom. The summed E-state index contributed by atoms with van der Waals surface area (Å²) < 4.78 is 0. The number of nitrogens with two attached hydrogens (primary N) is 1. The number of hydrogen-bond acceptors (Lipinski definition) is 3. The smallest absolute Gasteiger partial charge is 0.251 e. The van der Waals surface area contributed by atoms with Crippen molar-refractivity contribution in [2.45, 2.75) is 12.5 Å². The molecule has 0 spiro atoms. The number of amides is 1. The fourth-order valence-corrected chi connectivity index (χ4v) is 1.94. The van der Waals surface area contributed by atoms with E-state index in [1.165, 1.54) is 0 Å². The lowest BCUT2D eigenvalue weighted by atomic mass is 9.91. The van der Waals surface area contributed by atoms with Gasteiger partial charge in [0, 0.05) is 25.1 Å². The first-order chi connectivity index (χ1) is 9.03. The third kappa shape index (κ3) is 2.63. The molecule has 0 bridgehead atoms. The minimum atomic E-state index is -1.06. The van der Waals surface area contributed by atoms with Crippen molar-refractivity contribution in [3.63, 3.8) is 0 Å². The largest absolute Gasteiger partial charge is 0.314 e. The Kier molecular flexibility index (Phi) is 3.62. The van der Waals surface area contributed by atoms with Gasteiger partial charge in [0.05, 0.1) is 0 Å². The molecule has 1 amide bonds. The Morgan fingerprint density at radius 3 is 2.32 bits per heavy atom. The quantitative estimate of drug-likeness (QED) is 0.911. The van der Waals surface area contributed by atoms with Gasteiger partial charge in [-0.2, -0.15) is 0 Å². The van der Waals surface area contributed by atoms with Crippen LogP contribution >= 0.6 is 0 Å². The van der Waals surface area contributed by atoms with Gasteiger partial charge < -0.3 is 10.6 Å². The Morgan fingerprint density at radius 2 is 1.74 bits per heavy atom. The molecule has 1 aromatic heterocycles. The van der Waals surface area contributed by atoms with E-state index in [1.54, 1.807) is 43.4 Å². The number of nitrogens with zero attached hydrogens (tertiary/aromatic N) is 2. The second-order valence-corrected chi connectivity index (χ2v) is 4.64. The Bertz CT molecular complexity index is 552. The molecular weight excluding hydrogens is 238 g/mol. The fraction of sp³-hybridized carbons (Fsp3) is 0.200. The highest BCUT2D eigenvalue weighted by Crippen LogP contribution is 2.22. The molecule has 2 N–H and O–H groups in total. The zero-order valence-electron chi connectivity index (χ0n) is 11.1. The summed E-state index contributed by atoms with van der Waals surface area (Å²) in [6.45, 7) is 1.72. The molecule has 19 heavy (non-hydrogen) atoms. The molecule has 0 saturated heterocycles. The van der Waals surface area contributed by atoms with Crippen LogP contribution in [0.2, 0.25) is 0 Å². The molecule has 2 aromatic rings. The molecule has 1 atom stereocenters. The predicted molar refractivity (Wildman–Crippen MR) is 75.6 cm³/mol. The van der Waals surface area contributed by atoms with Gasteiger partial charge in [0.1, 0.15) is 5.54 Å². The normalized spacial score (nSPS) is 13.6. The van der Waals surface area contributed by atoms with Gasteiger partial charge in [-0.1, -0.05) is 30.3 Å². The molecule has 1 aromatic carbocycles. The number of likely N-dealkylation sites (N-methyl/N-ethyl adjacent to an activating group) is 1. The molecule has 1 unspecified atom stereocenters. The van der Waals surface area contributed by atoms with Crippen molar-refractivity contribution in [1.82, 2.24) is 4.98 Å². The number of carbonyl (C=O) groups excluding carboxylic acids is 1. The van der Waals surface area contributed by atoms with Crippen LogP contribution in [0.5, 0.6) is 0 Å². The van der Waals surface area contributed by atoms with Crippen molar-refractivity contribution >= 4 is 11.6 Å². The van der Waals surface area contributed by atoms with E-state index < -0.39 is 5.54 Å². The van der Waals surface area contributed by atoms with Crippen LogP contribution in [0.15, 0.2) is 54.9 Å². The van der Waals surface area contributed by atoms with Crippen LogP contribution in [0.3, 0.4) is 0 Å². The molecule has 0 radical (unpaired) electrons. The van der Waals surface area contributed by atoms with Crippen LogP contribution in [0.4, 0.5) is 5.69 Å². The van der Waals surface area contributed by atoms with E-state index >= 15 is 0 Å². The molecule has 1 heterocycles. The van der Waals surface area contributed by atoms with Crippen molar-refractivity contribution in [2.24, 2.45) is 5.73 Å². The number of aromatic nitrogens is 1. The van der Waals surface area contributed by atoms with Crippen LogP contribution in [0.1, 0.15) is 12.5 Å². The van der Waals surface area contributed by atoms with Crippen LogP contribution in [-0.4, -0.2) is 17.9 Å². The van der Waals surface area contributed by atoms with Crippen molar-refractivity contribution in [3.05, 3.63) is 60.4 Å². The van der Waals surface area contributed by atoms with Crippen LogP contribution < -0.4 is 10.6 Å². The summed E-state index contributed by atoms with van der Waals surface area (Å²) in [5.74, 6) is -0.162. The highest BCUT2D eigenvalue weighted by molar-refractivity contribution is 5.99. The average Bonchev–Trinajstić information content (AvgIpc) is 2.47. The highest BCUT2D eigenvalue weighted by atomic mass is 16.2. The molecule has 98 valence electrons. The molecule has 2 rings (SSSR count). The van der Waals surface area contributed by atoms with E-state index in [9.17, 15) is 4.79 Å². The molecule has 0 saturated carbocycles. The van der Waals surface area contributed by atoms with Crippen molar-refractivity contribution in [1.29, 1.82) is 0 Å². The monoisotopic (exact) mass is 255 g/mol. The van der Waals surface area contributed by atoms with E-state index in [-0.39, 0.29) is 5.91 Å². The molecular formula is C15H17N3O. The van der Waals surface area contributed by atoms with Gasteiger partial charge in [-0.3, -0.25) is 9.78 Å². The summed E-state index contributed by atoms with van der Waals surface area (Å²) >= 11 is 0. The number of anilines is 1. The van der Waals surface area contributed by atoms with Crippen LogP contribution in [0, 0.1) is 0 Å². The first-order valence-corrected chi connectivity index (χ1v) is 6.06. The number of hydrogen-bond donors (Lipinski definition) is 1. The summed E-state index contributed by atoms with van der Waals surface area (Å²) in [6, 6.07) is 12.9. The van der Waals surface area contributed by atoms with E-state index in [0.717, 1.165) is 11.3 Å². The number of rotatable bonds is 3. The minimum absolute atomic E-state index is 0.162. The van der Waals surface area contributed by atoms with Gasteiger partial charge in [-0.05, 0) is 24.6 Å².